The van der Waals surface area contributed by atoms with E-state index < -0.39 is 0 Å². The van der Waals surface area contributed by atoms with Gasteiger partial charge in [0.25, 0.3) is 0 Å². The summed E-state index contributed by atoms with van der Waals surface area (Å²) in [6, 6.07) is 5.21. The molecule has 1 aromatic heterocycles. The van der Waals surface area contributed by atoms with E-state index in [-0.39, 0.29) is 6.04 Å². The molecule has 0 fully saturated rings. The predicted octanol–water partition coefficient (Wildman–Crippen LogP) is 1.26. The zero-order valence-electron chi connectivity index (χ0n) is 10.4. The Morgan fingerprint density at radius 3 is 2.83 bits per heavy atom. The number of hydrogen-bond donors (Lipinski definition) is 2. The lowest BCUT2D eigenvalue weighted by Crippen LogP contribution is -2.14. The number of benzene rings is 1. The number of rotatable bonds is 5. The first-order chi connectivity index (χ1) is 8.76. The van der Waals surface area contributed by atoms with Crippen LogP contribution in [0.2, 0.25) is 0 Å². The van der Waals surface area contributed by atoms with Crippen LogP contribution in [0, 0.1) is 0 Å². The molecule has 0 unspecified atom stereocenters. The molecule has 6 heteroatoms. The van der Waals surface area contributed by atoms with Crippen LogP contribution < -0.4 is 15.2 Å². The van der Waals surface area contributed by atoms with Crippen molar-refractivity contribution in [1.29, 1.82) is 0 Å². The molecule has 0 aliphatic heterocycles. The monoisotopic (exact) mass is 248 g/mol. The van der Waals surface area contributed by atoms with Gasteiger partial charge in [0.1, 0.15) is 12.2 Å². The third-order valence-electron chi connectivity index (χ3n) is 2.57. The first-order valence-corrected chi connectivity index (χ1v) is 5.67. The highest BCUT2D eigenvalue weighted by Crippen LogP contribution is 2.30. The predicted molar refractivity (Wildman–Crippen MR) is 66.6 cm³/mol. The zero-order valence-corrected chi connectivity index (χ0v) is 10.4. The molecular weight excluding hydrogens is 232 g/mol. The van der Waals surface area contributed by atoms with Crippen molar-refractivity contribution in [3.05, 3.63) is 35.9 Å². The van der Waals surface area contributed by atoms with Crippen LogP contribution in [0.5, 0.6) is 11.5 Å². The molecule has 0 spiro atoms. The minimum Gasteiger partial charge on any atom is -0.493 e. The summed E-state index contributed by atoms with van der Waals surface area (Å²) < 4.78 is 10.7. The van der Waals surface area contributed by atoms with Gasteiger partial charge in [0.15, 0.2) is 11.5 Å². The maximum atomic E-state index is 6.08. The smallest absolute Gasteiger partial charge is 0.161 e. The summed E-state index contributed by atoms with van der Waals surface area (Å²) in [4.78, 5) is 4.04. The highest BCUT2D eigenvalue weighted by atomic mass is 16.5. The van der Waals surface area contributed by atoms with E-state index in [2.05, 4.69) is 15.2 Å². The van der Waals surface area contributed by atoms with Gasteiger partial charge < -0.3 is 15.2 Å². The third-order valence-corrected chi connectivity index (χ3v) is 2.57. The number of aromatic amines is 1. The minimum atomic E-state index is -0.364. The van der Waals surface area contributed by atoms with Gasteiger partial charge in [0.2, 0.25) is 0 Å². The molecule has 0 aliphatic rings. The number of ether oxygens (including phenoxy) is 2. The largest absolute Gasteiger partial charge is 0.493 e. The van der Waals surface area contributed by atoms with E-state index in [1.54, 1.807) is 7.11 Å². The maximum absolute atomic E-state index is 6.08. The van der Waals surface area contributed by atoms with Crippen LogP contribution in [0.1, 0.15) is 24.4 Å². The third kappa shape index (κ3) is 2.43. The van der Waals surface area contributed by atoms with Crippen molar-refractivity contribution in [3.8, 4) is 11.5 Å². The lowest BCUT2D eigenvalue weighted by molar-refractivity contribution is 0.310. The average molecular weight is 248 g/mol. The van der Waals surface area contributed by atoms with E-state index in [1.807, 2.05) is 25.1 Å². The van der Waals surface area contributed by atoms with Crippen LogP contribution in [-0.4, -0.2) is 28.9 Å². The van der Waals surface area contributed by atoms with Crippen molar-refractivity contribution >= 4 is 0 Å². The van der Waals surface area contributed by atoms with Crippen LogP contribution in [0.4, 0.5) is 0 Å². The zero-order chi connectivity index (χ0) is 13.0. The number of nitrogens with two attached hydrogens (primary N) is 1. The van der Waals surface area contributed by atoms with Crippen molar-refractivity contribution in [2.45, 2.75) is 13.0 Å². The fourth-order valence-corrected chi connectivity index (χ4v) is 1.68. The van der Waals surface area contributed by atoms with E-state index in [1.165, 1.54) is 6.33 Å². The van der Waals surface area contributed by atoms with E-state index in [0.717, 1.165) is 5.56 Å². The SMILES string of the molecule is CCOc1ccc([C@H](N)c2ncn[nH]2)cc1OC. The van der Waals surface area contributed by atoms with E-state index >= 15 is 0 Å². The van der Waals surface area contributed by atoms with Crippen LogP contribution in [0.15, 0.2) is 24.5 Å². The molecule has 0 aliphatic carbocycles. The number of methoxy groups -OCH3 is 1. The van der Waals surface area contributed by atoms with Crippen molar-refractivity contribution in [1.82, 2.24) is 15.2 Å². The molecule has 2 rings (SSSR count). The Kier molecular flexibility index (Phi) is 3.78. The van der Waals surface area contributed by atoms with Crippen LogP contribution in [-0.2, 0) is 0 Å². The fourth-order valence-electron chi connectivity index (χ4n) is 1.68. The van der Waals surface area contributed by atoms with Crippen molar-refractivity contribution < 1.29 is 9.47 Å². The second-order valence-corrected chi connectivity index (χ2v) is 3.69. The number of nitrogens with one attached hydrogen (secondary N) is 1. The molecule has 6 nitrogen and oxygen atoms in total. The molecule has 1 heterocycles. The summed E-state index contributed by atoms with van der Waals surface area (Å²) in [5.41, 5.74) is 6.96. The number of hydrogen-bond acceptors (Lipinski definition) is 5. The summed E-state index contributed by atoms with van der Waals surface area (Å²) in [5, 5.41) is 6.54. The van der Waals surface area contributed by atoms with Gasteiger partial charge in [0, 0.05) is 0 Å². The highest BCUT2D eigenvalue weighted by molar-refractivity contribution is 5.44. The van der Waals surface area contributed by atoms with E-state index in [4.69, 9.17) is 15.2 Å². The van der Waals surface area contributed by atoms with E-state index in [9.17, 15) is 0 Å². The summed E-state index contributed by atoms with van der Waals surface area (Å²) in [6.07, 6.45) is 1.43. The standard InChI is InChI=1S/C12H16N4O2/c1-3-18-9-5-4-8(6-10(9)17-2)11(13)12-14-7-15-16-12/h4-7,11H,3,13H2,1-2H3,(H,14,15,16)/t11-/m0/s1. The second kappa shape index (κ2) is 5.50. The van der Waals surface area contributed by atoms with Gasteiger partial charge in [-0.25, -0.2) is 4.98 Å². The number of H-pyrrole nitrogens is 1. The van der Waals surface area contributed by atoms with Crippen LogP contribution in [0.25, 0.3) is 0 Å². The summed E-state index contributed by atoms with van der Waals surface area (Å²) >= 11 is 0. The number of nitrogens with zero attached hydrogens (tertiary/aromatic N) is 2. The molecule has 96 valence electrons. The first-order valence-electron chi connectivity index (χ1n) is 5.67. The molecule has 0 bridgehead atoms. The van der Waals surface area contributed by atoms with Gasteiger partial charge in [-0.15, -0.1) is 0 Å². The van der Waals surface area contributed by atoms with Gasteiger partial charge in [0.05, 0.1) is 19.8 Å². The van der Waals surface area contributed by atoms with Gasteiger partial charge in [-0.3, -0.25) is 5.10 Å². The molecule has 1 aromatic carbocycles. The number of aromatic nitrogens is 3. The Balaban J connectivity index is 2.29. The van der Waals surface area contributed by atoms with Crippen molar-refractivity contribution in [3.63, 3.8) is 0 Å². The van der Waals surface area contributed by atoms with Gasteiger partial charge in [-0.2, -0.15) is 5.10 Å². The Bertz CT molecular complexity index is 499. The maximum Gasteiger partial charge on any atom is 0.161 e. The molecule has 2 aromatic rings. The lowest BCUT2D eigenvalue weighted by Gasteiger charge is -2.13. The molecular formula is C12H16N4O2. The fraction of sp³-hybridized carbons (Fsp3) is 0.333. The highest BCUT2D eigenvalue weighted by Gasteiger charge is 2.14. The van der Waals surface area contributed by atoms with Crippen molar-refractivity contribution in [2.75, 3.05) is 13.7 Å². The molecule has 0 saturated carbocycles. The second-order valence-electron chi connectivity index (χ2n) is 3.69. The summed E-state index contributed by atoms with van der Waals surface area (Å²) in [6.45, 7) is 2.51. The molecule has 18 heavy (non-hydrogen) atoms. The summed E-state index contributed by atoms with van der Waals surface area (Å²) in [7, 11) is 1.60. The Morgan fingerprint density at radius 1 is 1.39 bits per heavy atom. The van der Waals surface area contributed by atoms with Gasteiger partial charge in [-0.1, -0.05) is 6.07 Å². The molecule has 3 N–H and O–H groups in total. The first kappa shape index (κ1) is 12.4. The summed E-state index contributed by atoms with van der Waals surface area (Å²) in [5.74, 6) is 1.97. The quantitative estimate of drug-likeness (QED) is 0.832. The Hall–Kier alpha value is -2.08. The normalized spacial score (nSPS) is 12.2. The molecule has 0 amide bonds. The van der Waals surface area contributed by atoms with Crippen molar-refractivity contribution in [2.24, 2.45) is 5.73 Å². The molecule has 0 radical (unpaired) electrons. The molecule has 1 atom stereocenters. The van der Waals surface area contributed by atoms with Gasteiger partial charge in [-0.05, 0) is 24.6 Å². The van der Waals surface area contributed by atoms with Gasteiger partial charge >= 0.3 is 0 Å². The van der Waals surface area contributed by atoms with Crippen LogP contribution in [0.3, 0.4) is 0 Å². The average Bonchev–Trinajstić information content (AvgIpc) is 2.92. The van der Waals surface area contributed by atoms with Crippen LogP contribution >= 0.6 is 0 Å². The molecule has 0 saturated heterocycles. The minimum absolute atomic E-state index is 0.364. The topological polar surface area (TPSA) is 86.0 Å². The Labute approximate surface area is 105 Å². The van der Waals surface area contributed by atoms with E-state index in [0.29, 0.717) is 23.9 Å². The Morgan fingerprint density at radius 2 is 2.22 bits per heavy atom. The lowest BCUT2D eigenvalue weighted by atomic mass is 10.1.